The summed E-state index contributed by atoms with van der Waals surface area (Å²) in [7, 11) is 0. The van der Waals surface area contributed by atoms with E-state index in [9.17, 15) is 19.2 Å². The first kappa shape index (κ1) is 39.4. The zero-order valence-electron chi connectivity index (χ0n) is 28.2. The summed E-state index contributed by atoms with van der Waals surface area (Å²) in [6, 6.07) is -1.24. The average Bonchev–Trinajstić information content (AvgIpc) is 2.73. The Morgan fingerprint density at radius 1 is 0.548 bits per heavy atom. The topological polar surface area (TPSA) is 145 Å². The Morgan fingerprint density at radius 2 is 0.952 bits per heavy atom. The number of carbonyl (C=O) groups is 4. The molecule has 246 valence electrons. The lowest BCUT2D eigenvalue weighted by molar-refractivity contribution is -0.161. The summed E-state index contributed by atoms with van der Waals surface area (Å²) in [5.41, 5.74) is -3.12. The summed E-state index contributed by atoms with van der Waals surface area (Å²) in [5.74, 6) is -0.716. The zero-order chi connectivity index (χ0) is 32.8. The van der Waals surface area contributed by atoms with Gasteiger partial charge in [0.2, 0.25) is 0 Å². The number of ether oxygens (including phenoxy) is 4. The molecule has 0 spiro atoms. The van der Waals surface area contributed by atoms with Gasteiger partial charge in [-0.2, -0.15) is 4.90 Å². The molecule has 0 aromatic heterocycles. The number of esters is 1. The normalized spacial score (nSPS) is 13.1. The Balaban J connectivity index is 4.90. The smallest absolute Gasteiger partial charge is 0.420 e. The Bertz CT molecular complexity index is 823. The molecule has 0 bridgehead atoms. The van der Waals surface area contributed by atoms with Crippen LogP contribution in [0.2, 0.25) is 0 Å². The highest BCUT2D eigenvalue weighted by molar-refractivity contribution is 5.94. The van der Waals surface area contributed by atoms with Crippen LogP contribution < -0.4 is 16.0 Å². The van der Waals surface area contributed by atoms with Crippen LogP contribution in [0, 0.1) is 0 Å². The molecule has 0 aliphatic heterocycles. The van der Waals surface area contributed by atoms with Crippen molar-refractivity contribution in [1.29, 1.82) is 0 Å². The quantitative estimate of drug-likeness (QED) is 0.139. The van der Waals surface area contributed by atoms with E-state index in [0.29, 0.717) is 19.6 Å². The zero-order valence-corrected chi connectivity index (χ0v) is 28.2. The van der Waals surface area contributed by atoms with Crippen molar-refractivity contribution in [2.75, 3.05) is 32.7 Å². The fourth-order valence-electron chi connectivity index (χ4n) is 3.38. The molecule has 0 rings (SSSR count). The summed E-state index contributed by atoms with van der Waals surface area (Å²) < 4.78 is 21.7. The third-order valence-corrected chi connectivity index (χ3v) is 4.92. The van der Waals surface area contributed by atoms with Gasteiger partial charge in [-0.25, -0.2) is 19.2 Å². The Labute approximate surface area is 253 Å². The van der Waals surface area contributed by atoms with Crippen molar-refractivity contribution in [3.63, 3.8) is 0 Å². The van der Waals surface area contributed by atoms with Crippen molar-refractivity contribution in [2.45, 2.75) is 137 Å². The largest absolute Gasteiger partial charge is 0.458 e. The van der Waals surface area contributed by atoms with E-state index >= 15 is 0 Å². The minimum Gasteiger partial charge on any atom is -0.458 e. The number of carbonyl (C=O) groups excluding carboxylic acids is 4. The molecule has 0 aromatic carbocycles. The highest BCUT2D eigenvalue weighted by atomic mass is 16.6. The second kappa shape index (κ2) is 17.5. The van der Waals surface area contributed by atoms with E-state index in [4.69, 9.17) is 18.9 Å². The summed E-state index contributed by atoms with van der Waals surface area (Å²) in [5, 5.41) is 9.35. The van der Waals surface area contributed by atoms with Gasteiger partial charge in [-0.3, -0.25) is 0 Å². The van der Waals surface area contributed by atoms with Crippen molar-refractivity contribution >= 4 is 24.2 Å². The highest BCUT2D eigenvalue weighted by Gasteiger charge is 2.41. The van der Waals surface area contributed by atoms with E-state index in [1.54, 1.807) is 62.3 Å². The van der Waals surface area contributed by atoms with E-state index in [1.165, 1.54) is 0 Å². The number of hydrogen-bond acceptors (Lipinski definition) is 10. The second-order valence-corrected chi connectivity index (χ2v) is 14.2. The maximum Gasteiger partial charge on any atom is 0.420 e. The van der Waals surface area contributed by atoms with Gasteiger partial charge in [0, 0.05) is 6.54 Å². The van der Waals surface area contributed by atoms with Gasteiger partial charge in [0.1, 0.15) is 28.4 Å². The predicted octanol–water partition coefficient (Wildman–Crippen LogP) is 5.13. The van der Waals surface area contributed by atoms with Crippen LogP contribution in [0.4, 0.5) is 14.4 Å². The molecule has 0 fully saturated rings. The molecule has 0 saturated heterocycles. The number of unbranched alkanes of at least 4 members (excludes halogenated alkanes) is 1. The van der Waals surface area contributed by atoms with Crippen LogP contribution in [-0.4, -0.2) is 90.3 Å². The average molecular weight is 603 g/mol. The van der Waals surface area contributed by atoms with Gasteiger partial charge in [-0.15, -0.1) is 0 Å². The van der Waals surface area contributed by atoms with E-state index < -0.39 is 52.7 Å². The fraction of sp³-hybridized carbons (Fsp3) is 0.867. The SMILES string of the molecule is CC(C)(C)OC(=O)NCCCNCCCCNCCC(C(=O)OC(C)(C)C)N(C(=O)OC(C)(C)C)C(=O)OC(C)(C)C. The summed E-state index contributed by atoms with van der Waals surface area (Å²) in [6.45, 7) is 23.9. The first-order valence-corrected chi connectivity index (χ1v) is 14.9. The molecule has 3 N–H and O–H groups in total. The Kier molecular flexibility index (Phi) is 16.4. The first-order chi connectivity index (χ1) is 19.0. The van der Waals surface area contributed by atoms with E-state index in [-0.39, 0.29) is 6.42 Å². The van der Waals surface area contributed by atoms with Gasteiger partial charge in [0.05, 0.1) is 0 Å². The van der Waals surface area contributed by atoms with Crippen molar-refractivity contribution in [1.82, 2.24) is 20.9 Å². The number of hydrogen-bond donors (Lipinski definition) is 3. The maximum atomic E-state index is 13.2. The highest BCUT2D eigenvalue weighted by Crippen LogP contribution is 2.21. The van der Waals surface area contributed by atoms with E-state index in [0.717, 1.165) is 37.3 Å². The van der Waals surface area contributed by atoms with Gasteiger partial charge < -0.3 is 34.9 Å². The van der Waals surface area contributed by atoms with Crippen molar-refractivity contribution in [3.8, 4) is 0 Å². The van der Waals surface area contributed by atoms with Crippen LogP contribution in [0.15, 0.2) is 0 Å². The molecule has 42 heavy (non-hydrogen) atoms. The molecule has 1 atom stereocenters. The standard InChI is InChI=1S/C30H58N4O8/c1-27(2,3)39-23(35)22(34(25(37)41-29(7,8)9)26(38)42-30(10,11)12)16-21-32-18-14-13-17-31-19-15-20-33-24(36)40-28(4,5)6/h22,31-32H,13-21H2,1-12H3,(H,33,36). The molecular weight excluding hydrogens is 544 g/mol. The molecule has 1 unspecified atom stereocenters. The third-order valence-electron chi connectivity index (χ3n) is 4.92. The maximum absolute atomic E-state index is 13.2. The molecule has 0 radical (unpaired) electrons. The van der Waals surface area contributed by atoms with Gasteiger partial charge in [0.25, 0.3) is 0 Å². The number of nitrogens with one attached hydrogen (secondary N) is 3. The second-order valence-electron chi connectivity index (χ2n) is 14.2. The molecule has 0 aliphatic carbocycles. The van der Waals surface area contributed by atoms with Gasteiger partial charge in [-0.05, 0) is 135 Å². The van der Waals surface area contributed by atoms with Crippen LogP contribution in [0.5, 0.6) is 0 Å². The van der Waals surface area contributed by atoms with Crippen LogP contribution in [0.3, 0.4) is 0 Å². The number of alkyl carbamates (subject to hydrolysis) is 1. The number of imide groups is 1. The van der Waals surface area contributed by atoms with Crippen LogP contribution in [0.25, 0.3) is 0 Å². The molecule has 0 saturated carbocycles. The predicted molar refractivity (Wildman–Crippen MR) is 162 cm³/mol. The fourth-order valence-corrected chi connectivity index (χ4v) is 3.38. The van der Waals surface area contributed by atoms with Crippen molar-refractivity contribution in [2.24, 2.45) is 0 Å². The van der Waals surface area contributed by atoms with E-state index in [1.807, 2.05) is 20.8 Å². The van der Waals surface area contributed by atoms with Crippen LogP contribution in [-0.2, 0) is 23.7 Å². The molecule has 0 heterocycles. The van der Waals surface area contributed by atoms with E-state index in [2.05, 4.69) is 16.0 Å². The third kappa shape index (κ3) is 21.2. The van der Waals surface area contributed by atoms with Crippen molar-refractivity contribution < 1.29 is 38.1 Å². The van der Waals surface area contributed by atoms with Gasteiger partial charge >= 0.3 is 24.2 Å². The summed E-state index contributed by atoms with van der Waals surface area (Å²) in [6.07, 6.45) is 0.347. The lowest BCUT2D eigenvalue weighted by Gasteiger charge is -2.33. The van der Waals surface area contributed by atoms with Crippen LogP contribution in [0.1, 0.15) is 109 Å². The molecule has 0 aliphatic rings. The molecular formula is C30H58N4O8. The number of nitrogens with zero attached hydrogens (tertiary/aromatic N) is 1. The monoisotopic (exact) mass is 602 g/mol. The van der Waals surface area contributed by atoms with Crippen LogP contribution >= 0.6 is 0 Å². The molecule has 12 nitrogen and oxygen atoms in total. The van der Waals surface area contributed by atoms with Crippen molar-refractivity contribution in [3.05, 3.63) is 0 Å². The van der Waals surface area contributed by atoms with Gasteiger partial charge in [-0.1, -0.05) is 0 Å². The minimum atomic E-state index is -1.24. The Morgan fingerprint density at radius 3 is 1.38 bits per heavy atom. The minimum absolute atomic E-state index is 0.121. The summed E-state index contributed by atoms with van der Waals surface area (Å²) >= 11 is 0. The molecule has 12 heteroatoms. The lowest BCUT2D eigenvalue weighted by Crippen LogP contribution is -2.54. The molecule has 0 aromatic rings. The van der Waals surface area contributed by atoms with Gasteiger partial charge in [0.15, 0.2) is 0 Å². The first-order valence-electron chi connectivity index (χ1n) is 14.9. The summed E-state index contributed by atoms with van der Waals surface area (Å²) in [4.78, 5) is 51.8. The number of amides is 3. The molecule has 3 amide bonds. The Hall–Kier alpha value is -2.60. The lowest BCUT2D eigenvalue weighted by atomic mass is 10.1. The number of rotatable bonds is 14.